The van der Waals surface area contributed by atoms with Crippen LogP contribution >= 0.6 is 0 Å². The standard InChI is InChI=1S/C29H37F3N4O4/c1-6-35(24-8-10-34(11-9-24)27(37)39-7-2)26-22(13-19(4)16-33-26)17-36-20(5)25(40-28(36)38)21-12-18(3)14-23(15-21)29(30,31)32/h12-16,20,24-25H,6-11,17H2,1-5H3/t20-,25-/m0/s1. The molecule has 2 fully saturated rings. The van der Waals surface area contributed by atoms with Crippen LogP contribution < -0.4 is 4.90 Å². The monoisotopic (exact) mass is 562 g/mol. The van der Waals surface area contributed by atoms with E-state index in [1.807, 2.05) is 19.9 Å². The van der Waals surface area contributed by atoms with Gasteiger partial charge in [0.25, 0.3) is 0 Å². The number of anilines is 1. The molecule has 3 heterocycles. The molecule has 1 aromatic heterocycles. The number of aryl methyl sites for hydroxylation is 2. The first-order chi connectivity index (χ1) is 18.9. The molecule has 0 aliphatic carbocycles. The Morgan fingerprint density at radius 1 is 1.12 bits per heavy atom. The van der Waals surface area contributed by atoms with Gasteiger partial charge in [-0.2, -0.15) is 13.2 Å². The van der Waals surface area contributed by atoms with Crippen LogP contribution in [0.15, 0.2) is 30.5 Å². The molecular weight excluding hydrogens is 525 g/mol. The van der Waals surface area contributed by atoms with E-state index in [2.05, 4.69) is 4.90 Å². The third-order valence-corrected chi connectivity index (χ3v) is 7.61. The molecule has 2 aliphatic rings. The molecule has 0 N–H and O–H groups in total. The number of benzene rings is 1. The molecule has 2 amide bonds. The van der Waals surface area contributed by atoms with E-state index in [0.29, 0.717) is 37.4 Å². The highest BCUT2D eigenvalue weighted by Gasteiger charge is 2.42. The number of hydrogen-bond acceptors (Lipinski definition) is 6. The van der Waals surface area contributed by atoms with Gasteiger partial charge < -0.3 is 19.3 Å². The van der Waals surface area contributed by atoms with Crippen molar-refractivity contribution in [2.45, 2.75) is 78.4 Å². The number of hydrogen-bond donors (Lipinski definition) is 0. The second-order valence-corrected chi connectivity index (χ2v) is 10.5. The minimum absolute atomic E-state index is 0.147. The highest BCUT2D eigenvalue weighted by atomic mass is 19.4. The fraction of sp³-hybridized carbons (Fsp3) is 0.552. The maximum atomic E-state index is 13.5. The largest absolute Gasteiger partial charge is 0.450 e. The van der Waals surface area contributed by atoms with E-state index in [4.69, 9.17) is 14.5 Å². The number of carbonyl (C=O) groups excluding carboxylic acids is 2. The number of amides is 2. The first-order valence-corrected chi connectivity index (χ1v) is 13.7. The van der Waals surface area contributed by atoms with Crippen LogP contribution in [0.1, 0.15) is 67.5 Å². The topological polar surface area (TPSA) is 75.2 Å². The fourth-order valence-electron chi connectivity index (χ4n) is 5.64. The highest BCUT2D eigenvalue weighted by Crippen LogP contribution is 2.38. The summed E-state index contributed by atoms with van der Waals surface area (Å²) in [6, 6.07) is 5.42. The Kier molecular flexibility index (Phi) is 8.80. The van der Waals surface area contributed by atoms with Crippen LogP contribution in [0.3, 0.4) is 0 Å². The molecule has 11 heteroatoms. The Labute approximate surface area is 233 Å². The van der Waals surface area contributed by atoms with Crippen molar-refractivity contribution >= 4 is 18.0 Å². The zero-order valence-electron chi connectivity index (χ0n) is 23.6. The third kappa shape index (κ3) is 6.28. The number of ether oxygens (including phenoxy) is 2. The van der Waals surface area contributed by atoms with Gasteiger partial charge in [0.2, 0.25) is 0 Å². The molecule has 2 aliphatic heterocycles. The van der Waals surface area contributed by atoms with Crippen molar-refractivity contribution in [2.75, 3.05) is 31.1 Å². The van der Waals surface area contributed by atoms with Crippen molar-refractivity contribution in [2.24, 2.45) is 0 Å². The lowest BCUT2D eigenvalue weighted by atomic mass is 9.98. The molecular formula is C29H37F3N4O4. The van der Waals surface area contributed by atoms with Crippen LogP contribution in [0.2, 0.25) is 0 Å². The summed E-state index contributed by atoms with van der Waals surface area (Å²) in [4.78, 5) is 35.4. The van der Waals surface area contributed by atoms with Gasteiger partial charge in [-0.15, -0.1) is 0 Å². The number of likely N-dealkylation sites (tertiary alicyclic amines) is 1. The van der Waals surface area contributed by atoms with Crippen molar-refractivity contribution in [3.63, 3.8) is 0 Å². The van der Waals surface area contributed by atoms with E-state index in [-0.39, 0.29) is 18.7 Å². The molecule has 1 aromatic carbocycles. The number of piperidine rings is 1. The first-order valence-electron chi connectivity index (χ1n) is 13.7. The number of pyridine rings is 1. The summed E-state index contributed by atoms with van der Waals surface area (Å²) in [7, 11) is 0. The number of aromatic nitrogens is 1. The van der Waals surface area contributed by atoms with E-state index in [1.165, 1.54) is 0 Å². The average molecular weight is 563 g/mol. The second kappa shape index (κ2) is 11.9. The molecule has 2 aromatic rings. The Morgan fingerprint density at radius 2 is 1.82 bits per heavy atom. The molecule has 218 valence electrons. The SMILES string of the molecule is CCOC(=O)N1CCC(N(CC)c2ncc(C)cc2CN2C(=O)O[C@H](c3cc(C)cc(C(F)(F)F)c3)[C@@H]2C)CC1. The molecule has 2 atom stereocenters. The summed E-state index contributed by atoms with van der Waals surface area (Å²) in [6.45, 7) is 11.5. The normalized spacial score (nSPS) is 20.1. The van der Waals surface area contributed by atoms with E-state index >= 15 is 0 Å². The highest BCUT2D eigenvalue weighted by molar-refractivity contribution is 5.71. The maximum absolute atomic E-state index is 13.5. The van der Waals surface area contributed by atoms with E-state index in [9.17, 15) is 22.8 Å². The summed E-state index contributed by atoms with van der Waals surface area (Å²) in [5.74, 6) is 0.751. The van der Waals surface area contributed by atoms with E-state index in [0.717, 1.165) is 41.9 Å². The number of cyclic esters (lactones) is 1. The lowest BCUT2D eigenvalue weighted by Gasteiger charge is -2.39. The molecule has 40 heavy (non-hydrogen) atoms. The van der Waals surface area contributed by atoms with Gasteiger partial charge in [0.1, 0.15) is 11.9 Å². The summed E-state index contributed by atoms with van der Waals surface area (Å²) < 4.78 is 51.1. The zero-order chi connectivity index (χ0) is 29.2. The number of halogens is 3. The van der Waals surface area contributed by atoms with Gasteiger partial charge in [0.15, 0.2) is 0 Å². The Hall–Kier alpha value is -3.50. The molecule has 0 spiro atoms. The average Bonchev–Trinajstić information content (AvgIpc) is 3.18. The van der Waals surface area contributed by atoms with E-state index in [1.54, 1.807) is 42.8 Å². The van der Waals surface area contributed by atoms with Gasteiger partial charge in [0.05, 0.1) is 24.8 Å². The second-order valence-electron chi connectivity index (χ2n) is 10.5. The van der Waals surface area contributed by atoms with Crippen molar-refractivity contribution in [3.05, 3.63) is 58.3 Å². The predicted octanol–water partition coefficient (Wildman–Crippen LogP) is 6.25. The van der Waals surface area contributed by atoms with Crippen LogP contribution in [-0.4, -0.2) is 65.3 Å². The van der Waals surface area contributed by atoms with Crippen LogP contribution in [0.25, 0.3) is 0 Å². The van der Waals surface area contributed by atoms with Crippen molar-refractivity contribution < 1.29 is 32.2 Å². The lowest BCUT2D eigenvalue weighted by Crippen LogP contribution is -2.47. The quantitative estimate of drug-likeness (QED) is 0.397. The van der Waals surface area contributed by atoms with Gasteiger partial charge in [-0.05, 0) is 76.8 Å². The van der Waals surface area contributed by atoms with Gasteiger partial charge in [0, 0.05) is 37.4 Å². The van der Waals surface area contributed by atoms with Crippen LogP contribution in [-0.2, 0) is 22.2 Å². The van der Waals surface area contributed by atoms with Crippen LogP contribution in [0, 0.1) is 13.8 Å². The molecule has 4 rings (SSSR count). The van der Waals surface area contributed by atoms with Crippen molar-refractivity contribution in [3.8, 4) is 0 Å². The molecule has 0 radical (unpaired) electrons. The first kappa shape index (κ1) is 29.5. The van der Waals surface area contributed by atoms with Gasteiger partial charge in [-0.25, -0.2) is 14.6 Å². The molecule has 0 bridgehead atoms. The molecule has 8 nitrogen and oxygen atoms in total. The zero-order valence-corrected chi connectivity index (χ0v) is 23.6. The number of carbonyl (C=O) groups is 2. The molecule has 0 saturated carbocycles. The van der Waals surface area contributed by atoms with Crippen LogP contribution in [0.4, 0.5) is 28.6 Å². The number of alkyl halides is 3. The molecule has 0 unspecified atom stereocenters. The van der Waals surface area contributed by atoms with Crippen LogP contribution in [0.5, 0.6) is 0 Å². The third-order valence-electron chi connectivity index (χ3n) is 7.61. The van der Waals surface area contributed by atoms with Gasteiger partial charge in [-0.1, -0.05) is 11.6 Å². The minimum Gasteiger partial charge on any atom is -0.450 e. The Bertz CT molecular complexity index is 1230. The van der Waals surface area contributed by atoms with E-state index < -0.39 is 30.0 Å². The van der Waals surface area contributed by atoms with Crippen molar-refractivity contribution in [1.82, 2.24) is 14.8 Å². The Morgan fingerprint density at radius 3 is 2.45 bits per heavy atom. The van der Waals surface area contributed by atoms with Crippen molar-refractivity contribution in [1.29, 1.82) is 0 Å². The molecule has 2 saturated heterocycles. The smallest absolute Gasteiger partial charge is 0.416 e. The summed E-state index contributed by atoms with van der Waals surface area (Å²) in [5, 5.41) is 0. The van der Waals surface area contributed by atoms with Gasteiger partial charge in [-0.3, -0.25) is 4.90 Å². The predicted molar refractivity (Wildman–Crippen MR) is 144 cm³/mol. The summed E-state index contributed by atoms with van der Waals surface area (Å²) >= 11 is 0. The minimum atomic E-state index is -4.50. The number of rotatable bonds is 7. The Balaban J connectivity index is 1.55. The fourth-order valence-corrected chi connectivity index (χ4v) is 5.64. The summed E-state index contributed by atoms with van der Waals surface area (Å²) in [5.41, 5.74) is 1.77. The maximum Gasteiger partial charge on any atom is 0.416 e. The summed E-state index contributed by atoms with van der Waals surface area (Å²) in [6.07, 6.45) is -2.92. The lowest BCUT2D eigenvalue weighted by molar-refractivity contribution is -0.137. The number of nitrogens with zero attached hydrogens (tertiary/aromatic N) is 4. The van der Waals surface area contributed by atoms with Gasteiger partial charge >= 0.3 is 18.4 Å².